The number of halogens is 1. The first-order valence-corrected chi connectivity index (χ1v) is 6.74. The van der Waals surface area contributed by atoms with E-state index in [-0.39, 0.29) is 0 Å². The van der Waals surface area contributed by atoms with Crippen LogP contribution in [0.15, 0.2) is 0 Å². The third-order valence-electron chi connectivity index (χ3n) is 3.11. The SMILES string of the molecule is CCc1c(C)nc(CCN(CC)CC)nc1Cl. The van der Waals surface area contributed by atoms with E-state index in [2.05, 4.69) is 35.6 Å². The number of aromatic nitrogens is 2. The monoisotopic (exact) mass is 255 g/mol. The molecule has 96 valence electrons. The summed E-state index contributed by atoms with van der Waals surface area (Å²) in [6.07, 6.45) is 1.76. The van der Waals surface area contributed by atoms with Crippen LogP contribution in [0.1, 0.15) is 37.9 Å². The number of hydrogen-bond donors (Lipinski definition) is 0. The Morgan fingerprint density at radius 3 is 2.24 bits per heavy atom. The molecule has 1 rings (SSSR count). The highest BCUT2D eigenvalue weighted by Gasteiger charge is 2.09. The first-order valence-electron chi connectivity index (χ1n) is 6.36. The van der Waals surface area contributed by atoms with E-state index < -0.39 is 0 Å². The van der Waals surface area contributed by atoms with Gasteiger partial charge in [-0.3, -0.25) is 0 Å². The van der Waals surface area contributed by atoms with Crippen molar-refractivity contribution in [3.8, 4) is 0 Å². The van der Waals surface area contributed by atoms with Crippen molar-refractivity contribution >= 4 is 11.6 Å². The summed E-state index contributed by atoms with van der Waals surface area (Å²) in [4.78, 5) is 11.3. The molecule has 0 N–H and O–H groups in total. The molecule has 0 bridgehead atoms. The average Bonchev–Trinajstić information content (AvgIpc) is 2.30. The van der Waals surface area contributed by atoms with Crippen molar-refractivity contribution in [3.63, 3.8) is 0 Å². The third kappa shape index (κ3) is 3.93. The van der Waals surface area contributed by atoms with Gasteiger partial charge in [0.25, 0.3) is 0 Å². The van der Waals surface area contributed by atoms with Gasteiger partial charge in [0.1, 0.15) is 11.0 Å². The molecule has 0 saturated carbocycles. The van der Waals surface area contributed by atoms with Gasteiger partial charge >= 0.3 is 0 Å². The van der Waals surface area contributed by atoms with Crippen LogP contribution in [0.5, 0.6) is 0 Å². The Bertz CT molecular complexity index is 339. The lowest BCUT2D eigenvalue weighted by molar-refractivity contribution is 0.305. The Morgan fingerprint density at radius 2 is 1.76 bits per heavy atom. The van der Waals surface area contributed by atoms with E-state index in [0.29, 0.717) is 5.15 Å². The molecular formula is C13H22ClN3. The lowest BCUT2D eigenvalue weighted by atomic mass is 10.2. The summed E-state index contributed by atoms with van der Waals surface area (Å²) in [5.74, 6) is 0.858. The highest BCUT2D eigenvalue weighted by atomic mass is 35.5. The summed E-state index contributed by atoms with van der Waals surface area (Å²) in [6.45, 7) is 11.5. The van der Waals surface area contributed by atoms with Crippen molar-refractivity contribution in [2.75, 3.05) is 19.6 Å². The topological polar surface area (TPSA) is 29.0 Å². The molecule has 0 aromatic carbocycles. The van der Waals surface area contributed by atoms with Crippen LogP contribution in [0, 0.1) is 6.92 Å². The average molecular weight is 256 g/mol. The Kier molecular flexibility index (Phi) is 5.86. The molecule has 0 aliphatic heterocycles. The first-order chi connectivity index (χ1) is 8.12. The minimum Gasteiger partial charge on any atom is -0.303 e. The van der Waals surface area contributed by atoms with E-state index in [0.717, 1.165) is 49.6 Å². The van der Waals surface area contributed by atoms with E-state index >= 15 is 0 Å². The van der Waals surface area contributed by atoms with Crippen LogP contribution < -0.4 is 0 Å². The number of hydrogen-bond acceptors (Lipinski definition) is 3. The molecule has 0 aliphatic carbocycles. The van der Waals surface area contributed by atoms with Crippen LogP contribution in [-0.4, -0.2) is 34.5 Å². The molecule has 1 aromatic rings. The molecule has 0 amide bonds. The zero-order valence-corrected chi connectivity index (χ0v) is 12.0. The molecule has 0 spiro atoms. The molecule has 0 aliphatic rings. The van der Waals surface area contributed by atoms with Gasteiger partial charge in [0.05, 0.1) is 0 Å². The molecule has 0 unspecified atom stereocenters. The van der Waals surface area contributed by atoms with E-state index in [1.165, 1.54) is 0 Å². The number of likely N-dealkylation sites (N-methyl/N-ethyl adjacent to an activating group) is 1. The standard InChI is InChI=1S/C13H22ClN3/c1-5-11-10(4)15-12(16-13(11)14)8-9-17(6-2)7-3/h5-9H2,1-4H3. The van der Waals surface area contributed by atoms with Gasteiger partial charge in [-0.25, -0.2) is 9.97 Å². The van der Waals surface area contributed by atoms with Crippen LogP contribution in [0.4, 0.5) is 0 Å². The van der Waals surface area contributed by atoms with Crippen LogP contribution in [-0.2, 0) is 12.8 Å². The summed E-state index contributed by atoms with van der Waals surface area (Å²) in [5.41, 5.74) is 2.08. The van der Waals surface area contributed by atoms with Gasteiger partial charge in [-0.1, -0.05) is 32.4 Å². The fourth-order valence-corrected chi connectivity index (χ4v) is 2.30. The summed E-state index contributed by atoms with van der Waals surface area (Å²) >= 11 is 6.15. The molecule has 4 heteroatoms. The molecule has 1 heterocycles. The smallest absolute Gasteiger partial charge is 0.136 e. The highest BCUT2D eigenvalue weighted by molar-refractivity contribution is 6.30. The summed E-state index contributed by atoms with van der Waals surface area (Å²) in [7, 11) is 0. The molecule has 0 atom stereocenters. The first kappa shape index (κ1) is 14.4. The van der Waals surface area contributed by atoms with E-state index in [4.69, 9.17) is 11.6 Å². The number of rotatable bonds is 6. The predicted octanol–water partition coefficient (Wildman–Crippen LogP) is 2.89. The van der Waals surface area contributed by atoms with Crippen LogP contribution in [0.3, 0.4) is 0 Å². The van der Waals surface area contributed by atoms with Crippen molar-refractivity contribution in [3.05, 3.63) is 22.2 Å². The fraction of sp³-hybridized carbons (Fsp3) is 0.692. The fourth-order valence-electron chi connectivity index (χ4n) is 1.93. The second kappa shape index (κ2) is 6.92. The van der Waals surface area contributed by atoms with Gasteiger partial charge in [-0.05, 0) is 26.4 Å². The molecule has 17 heavy (non-hydrogen) atoms. The van der Waals surface area contributed by atoms with Gasteiger partial charge in [0, 0.05) is 24.2 Å². The molecule has 0 saturated heterocycles. The van der Waals surface area contributed by atoms with E-state index in [9.17, 15) is 0 Å². The van der Waals surface area contributed by atoms with Crippen LogP contribution >= 0.6 is 11.6 Å². The molecule has 1 aromatic heterocycles. The third-order valence-corrected chi connectivity index (χ3v) is 3.42. The molecular weight excluding hydrogens is 234 g/mol. The lowest BCUT2D eigenvalue weighted by Gasteiger charge is -2.17. The zero-order valence-electron chi connectivity index (χ0n) is 11.3. The molecule has 0 fully saturated rings. The maximum atomic E-state index is 6.15. The van der Waals surface area contributed by atoms with E-state index in [1.807, 2.05) is 6.92 Å². The second-order valence-electron chi connectivity index (χ2n) is 4.13. The van der Waals surface area contributed by atoms with Crippen molar-refractivity contribution in [2.24, 2.45) is 0 Å². The number of nitrogens with zero attached hydrogens (tertiary/aromatic N) is 3. The zero-order chi connectivity index (χ0) is 12.8. The lowest BCUT2D eigenvalue weighted by Crippen LogP contribution is -2.26. The Morgan fingerprint density at radius 1 is 1.12 bits per heavy atom. The number of aryl methyl sites for hydroxylation is 1. The minimum atomic E-state index is 0.620. The van der Waals surface area contributed by atoms with Crippen molar-refractivity contribution < 1.29 is 0 Å². The molecule has 3 nitrogen and oxygen atoms in total. The normalized spacial score (nSPS) is 11.2. The molecule has 0 radical (unpaired) electrons. The van der Waals surface area contributed by atoms with Crippen LogP contribution in [0.25, 0.3) is 0 Å². The largest absolute Gasteiger partial charge is 0.303 e. The van der Waals surface area contributed by atoms with Gasteiger partial charge in [-0.2, -0.15) is 0 Å². The summed E-state index contributed by atoms with van der Waals surface area (Å²) in [5, 5.41) is 0.620. The highest BCUT2D eigenvalue weighted by Crippen LogP contribution is 2.17. The van der Waals surface area contributed by atoms with Crippen LogP contribution in [0.2, 0.25) is 5.15 Å². The maximum absolute atomic E-state index is 6.15. The summed E-state index contributed by atoms with van der Waals surface area (Å²) in [6, 6.07) is 0. The Balaban J connectivity index is 2.73. The summed E-state index contributed by atoms with van der Waals surface area (Å²) < 4.78 is 0. The van der Waals surface area contributed by atoms with Gasteiger partial charge in [0.2, 0.25) is 0 Å². The Labute approximate surface area is 109 Å². The quantitative estimate of drug-likeness (QED) is 0.732. The maximum Gasteiger partial charge on any atom is 0.136 e. The van der Waals surface area contributed by atoms with Gasteiger partial charge in [-0.15, -0.1) is 0 Å². The van der Waals surface area contributed by atoms with Gasteiger partial charge < -0.3 is 4.90 Å². The second-order valence-corrected chi connectivity index (χ2v) is 4.48. The van der Waals surface area contributed by atoms with E-state index in [1.54, 1.807) is 0 Å². The Hall–Kier alpha value is -0.670. The van der Waals surface area contributed by atoms with Crippen molar-refractivity contribution in [1.82, 2.24) is 14.9 Å². The van der Waals surface area contributed by atoms with Crippen molar-refractivity contribution in [1.29, 1.82) is 0 Å². The minimum absolute atomic E-state index is 0.620. The van der Waals surface area contributed by atoms with Crippen molar-refractivity contribution in [2.45, 2.75) is 40.5 Å². The van der Waals surface area contributed by atoms with Gasteiger partial charge in [0.15, 0.2) is 0 Å². The predicted molar refractivity (Wildman–Crippen MR) is 72.6 cm³/mol.